The number of fused-ring (bicyclic) bond motifs is 1. The van der Waals surface area contributed by atoms with Crippen molar-refractivity contribution >= 4 is 11.0 Å². The Bertz CT molecular complexity index is 933. The molecule has 1 aromatic heterocycles. The van der Waals surface area contributed by atoms with Gasteiger partial charge in [0.15, 0.2) is 0 Å². The minimum absolute atomic E-state index is 0.289. The van der Waals surface area contributed by atoms with E-state index in [4.69, 9.17) is 23.9 Å². The molecular formula is C22H21NO4. The number of furan rings is 1. The SMILES string of the molecule is N#Cc1ccc2occ(-c3ccc(OCCOC4CCOCC4)cc3)c2c1. The number of hydrogen-bond donors (Lipinski definition) is 0. The average molecular weight is 363 g/mol. The van der Waals surface area contributed by atoms with Crippen LogP contribution in [0.2, 0.25) is 0 Å². The molecule has 5 heteroatoms. The quantitative estimate of drug-likeness (QED) is 0.601. The normalized spacial score (nSPS) is 14.9. The molecule has 0 unspecified atom stereocenters. The van der Waals surface area contributed by atoms with E-state index in [9.17, 15) is 0 Å². The van der Waals surface area contributed by atoms with Crippen LogP contribution in [-0.2, 0) is 9.47 Å². The van der Waals surface area contributed by atoms with Crippen LogP contribution < -0.4 is 4.74 Å². The molecule has 0 saturated carbocycles. The molecule has 1 aliphatic heterocycles. The lowest BCUT2D eigenvalue weighted by Crippen LogP contribution is -2.25. The fourth-order valence-electron chi connectivity index (χ4n) is 3.27. The summed E-state index contributed by atoms with van der Waals surface area (Å²) in [6.07, 6.45) is 3.93. The standard InChI is InChI=1S/C22H21NO4/c23-14-16-1-6-22-20(13-16)21(15-27-22)17-2-4-18(5-3-17)25-11-12-26-19-7-9-24-10-8-19/h1-6,13,15,19H,7-12H2. The fourth-order valence-corrected chi connectivity index (χ4v) is 3.27. The topological polar surface area (TPSA) is 64.6 Å². The summed E-state index contributed by atoms with van der Waals surface area (Å²) in [5.74, 6) is 0.805. The maximum atomic E-state index is 9.10. The van der Waals surface area contributed by atoms with Crippen molar-refractivity contribution in [1.29, 1.82) is 5.26 Å². The summed E-state index contributed by atoms with van der Waals surface area (Å²) in [7, 11) is 0. The number of benzene rings is 2. The van der Waals surface area contributed by atoms with E-state index >= 15 is 0 Å². The van der Waals surface area contributed by atoms with Crippen molar-refractivity contribution in [2.45, 2.75) is 18.9 Å². The Morgan fingerprint density at radius 2 is 1.85 bits per heavy atom. The monoisotopic (exact) mass is 363 g/mol. The Kier molecular flexibility index (Phi) is 5.38. The van der Waals surface area contributed by atoms with E-state index in [2.05, 4.69) is 6.07 Å². The highest BCUT2D eigenvalue weighted by Crippen LogP contribution is 2.32. The highest BCUT2D eigenvalue weighted by atomic mass is 16.5. The minimum atomic E-state index is 0.289. The van der Waals surface area contributed by atoms with Gasteiger partial charge in [0, 0.05) is 24.2 Å². The maximum absolute atomic E-state index is 9.10. The average Bonchev–Trinajstić information content (AvgIpc) is 3.15. The molecule has 4 rings (SSSR count). The molecule has 3 aromatic rings. The number of rotatable bonds is 6. The summed E-state index contributed by atoms with van der Waals surface area (Å²) >= 11 is 0. The molecule has 1 aliphatic rings. The maximum Gasteiger partial charge on any atom is 0.134 e. The molecule has 2 heterocycles. The van der Waals surface area contributed by atoms with Crippen LogP contribution in [0.25, 0.3) is 22.1 Å². The van der Waals surface area contributed by atoms with Crippen LogP contribution in [0, 0.1) is 11.3 Å². The van der Waals surface area contributed by atoms with Gasteiger partial charge in [-0.1, -0.05) is 12.1 Å². The second-order valence-electron chi connectivity index (χ2n) is 6.53. The summed E-state index contributed by atoms with van der Waals surface area (Å²) in [4.78, 5) is 0. The van der Waals surface area contributed by atoms with Crippen LogP contribution in [0.5, 0.6) is 5.75 Å². The Morgan fingerprint density at radius 3 is 2.63 bits per heavy atom. The van der Waals surface area contributed by atoms with Gasteiger partial charge in [-0.3, -0.25) is 0 Å². The first-order valence-electron chi connectivity index (χ1n) is 9.17. The molecule has 1 fully saturated rings. The van der Waals surface area contributed by atoms with E-state index in [1.165, 1.54) is 0 Å². The lowest BCUT2D eigenvalue weighted by molar-refractivity contribution is -0.0388. The van der Waals surface area contributed by atoms with Crippen LogP contribution in [0.3, 0.4) is 0 Å². The predicted molar refractivity (Wildman–Crippen MR) is 102 cm³/mol. The fraction of sp³-hybridized carbons (Fsp3) is 0.318. The molecule has 0 radical (unpaired) electrons. The van der Waals surface area contributed by atoms with Gasteiger partial charge in [0.2, 0.25) is 0 Å². The highest BCUT2D eigenvalue weighted by molar-refractivity contribution is 5.94. The largest absolute Gasteiger partial charge is 0.491 e. The zero-order valence-electron chi connectivity index (χ0n) is 15.0. The Morgan fingerprint density at radius 1 is 1.04 bits per heavy atom. The van der Waals surface area contributed by atoms with Crippen molar-refractivity contribution in [2.24, 2.45) is 0 Å². The van der Waals surface area contributed by atoms with Gasteiger partial charge in [-0.2, -0.15) is 5.26 Å². The van der Waals surface area contributed by atoms with Gasteiger partial charge < -0.3 is 18.6 Å². The van der Waals surface area contributed by atoms with Crippen molar-refractivity contribution < 1.29 is 18.6 Å². The smallest absolute Gasteiger partial charge is 0.134 e. The number of nitrogens with zero attached hydrogens (tertiary/aromatic N) is 1. The molecule has 0 aliphatic carbocycles. The van der Waals surface area contributed by atoms with E-state index < -0.39 is 0 Å². The molecule has 0 N–H and O–H groups in total. The number of ether oxygens (including phenoxy) is 3. The minimum Gasteiger partial charge on any atom is -0.491 e. The van der Waals surface area contributed by atoms with Crippen molar-refractivity contribution in [3.63, 3.8) is 0 Å². The molecule has 27 heavy (non-hydrogen) atoms. The zero-order valence-corrected chi connectivity index (χ0v) is 15.0. The lowest BCUT2D eigenvalue weighted by atomic mass is 10.0. The van der Waals surface area contributed by atoms with E-state index in [0.717, 1.165) is 53.9 Å². The molecule has 0 spiro atoms. The second kappa shape index (κ2) is 8.26. The van der Waals surface area contributed by atoms with Crippen LogP contribution in [0.15, 0.2) is 53.1 Å². The number of nitriles is 1. The van der Waals surface area contributed by atoms with Gasteiger partial charge in [-0.25, -0.2) is 0 Å². The highest BCUT2D eigenvalue weighted by Gasteiger charge is 2.13. The summed E-state index contributed by atoms with van der Waals surface area (Å²) in [6, 6.07) is 15.5. The van der Waals surface area contributed by atoms with E-state index in [1.807, 2.05) is 36.4 Å². The van der Waals surface area contributed by atoms with Gasteiger partial charge in [0.1, 0.15) is 17.9 Å². The van der Waals surface area contributed by atoms with E-state index in [1.54, 1.807) is 12.3 Å². The summed E-state index contributed by atoms with van der Waals surface area (Å²) in [5, 5.41) is 10.0. The van der Waals surface area contributed by atoms with Crippen molar-refractivity contribution in [2.75, 3.05) is 26.4 Å². The Balaban J connectivity index is 1.37. The molecule has 138 valence electrons. The second-order valence-corrected chi connectivity index (χ2v) is 6.53. The van der Waals surface area contributed by atoms with Gasteiger partial charge in [-0.15, -0.1) is 0 Å². The van der Waals surface area contributed by atoms with Gasteiger partial charge in [-0.05, 0) is 48.7 Å². The van der Waals surface area contributed by atoms with Gasteiger partial charge in [0.05, 0.1) is 30.6 Å². The third-order valence-electron chi connectivity index (χ3n) is 4.74. The summed E-state index contributed by atoms with van der Waals surface area (Å²) in [5.41, 5.74) is 3.38. The first kappa shape index (κ1) is 17.6. The van der Waals surface area contributed by atoms with Crippen LogP contribution in [-0.4, -0.2) is 32.5 Å². The first-order chi connectivity index (χ1) is 13.3. The van der Waals surface area contributed by atoms with Gasteiger partial charge in [0.25, 0.3) is 0 Å². The van der Waals surface area contributed by atoms with Crippen molar-refractivity contribution in [3.8, 4) is 22.9 Å². The molecular weight excluding hydrogens is 342 g/mol. The Hall–Kier alpha value is -2.81. The van der Waals surface area contributed by atoms with Crippen LogP contribution >= 0.6 is 0 Å². The van der Waals surface area contributed by atoms with Crippen molar-refractivity contribution in [3.05, 3.63) is 54.3 Å². The van der Waals surface area contributed by atoms with E-state index in [-0.39, 0.29) is 6.10 Å². The third kappa shape index (κ3) is 4.13. The summed E-state index contributed by atoms with van der Waals surface area (Å²) < 4.78 is 22.5. The Labute approximate surface area is 158 Å². The zero-order chi connectivity index (χ0) is 18.5. The number of hydrogen-bond acceptors (Lipinski definition) is 5. The lowest BCUT2D eigenvalue weighted by Gasteiger charge is -2.22. The predicted octanol–water partition coefficient (Wildman–Crippen LogP) is 4.55. The molecule has 2 aromatic carbocycles. The van der Waals surface area contributed by atoms with E-state index in [0.29, 0.717) is 18.8 Å². The van der Waals surface area contributed by atoms with Crippen molar-refractivity contribution in [1.82, 2.24) is 0 Å². The van der Waals surface area contributed by atoms with Gasteiger partial charge >= 0.3 is 0 Å². The molecule has 0 bridgehead atoms. The first-order valence-corrected chi connectivity index (χ1v) is 9.17. The molecule has 5 nitrogen and oxygen atoms in total. The third-order valence-corrected chi connectivity index (χ3v) is 4.74. The van der Waals surface area contributed by atoms with Crippen LogP contribution in [0.1, 0.15) is 18.4 Å². The molecule has 1 saturated heterocycles. The summed E-state index contributed by atoms with van der Waals surface area (Å²) in [6.45, 7) is 2.67. The molecule has 0 amide bonds. The molecule has 0 atom stereocenters. The van der Waals surface area contributed by atoms with Crippen LogP contribution in [0.4, 0.5) is 0 Å².